The molecule has 0 saturated carbocycles. The zero-order valence-corrected chi connectivity index (χ0v) is 9.16. The number of aromatic amines is 1. The molecule has 1 aromatic heterocycles. The van der Waals surface area contributed by atoms with Gasteiger partial charge in [0.2, 0.25) is 0 Å². The third kappa shape index (κ3) is 2.41. The first-order chi connectivity index (χ1) is 7.79. The summed E-state index contributed by atoms with van der Waals surface area (Å²) in [5.74, 6) is 0.711. The first kappa shape index (κ1) is 10.7. The molecule has 0 saturated heterocycles. The van der Waals surface area contributed by atoms with Gasteiger partial charge >= 0.3 is 0 Å². The van der Waals surface area contributed by atoms with E-state index in [1.807, 2.05) is 24.3 Å². The van der Waals surface area contributed by atoms with E-state index in [0.717, 1.165) is 11.3 Å². The van der Waals surface area contributed by atoms with Gasteiger partial charge in [0.05, 0.1) is 0 Å². The molecule has 1 heterocycles. The van der Waals surface area contributed by atoms with Gasteiger partial charge in [-0.25, -0.2) is 4.98 Å². The van der Waals surface area contributed by atoms with Gasteiger partial charge in [-0.05, 0) is 17.7 Å². The number of halogens is 1. The lowest BCUT2D eigenvalue weighted by Crippen LogP contribution is -2.12. The van der Waals surface area contributed by atoms with Crippen molar-refractivity contribution < 1.29 is 0 Å². The van der Waals surface area contributed by atoms with Crippen molar-refractivity contribution in [2.24, 2.45) is 0 Å². The normalized spacial score (nSPS) is 10.1. The first-order valence-electron chi connectivity index (χ1n) is 4.75. The van der Waals surface area contributed by atoms with Gasteiger partial charge in [-0.2, -0.15) is 0 Å². The van der Waals surface area contributed by atoms with Crippen LogP contribution in [-0.2, 0) is 5.88 Å². The van der Waals surface area contributed by atoms with Crippen molar-refractivity contribution in [2.75, 3.05) is 5.32 Å². The van der Waals surface area contributed by atoms with Crippen LogP contribution < -0.4 is 10.9 Å². The second kappa shape index (κ2) is 4.81. The number of hydrogen-bond acceptors (Lipinski definition) is 3. The number of H-pyrrole nitrogens is 1. The fourth-order valence-electron chi connectivity index (χ4n) is 1.31. The Morgan fingerprint density at radius 3 is 3.06 bits per heavy atom. The molecule has 0 radical (unpaired) electrons. The van der Waals surface area contributed by atoms with Crippen molar-refractivity contribution in [3.8, 4) is 0 Å². The fraction of sp³-hybridized carbons (Fsp3) is 0.0909. The van der Waals surface area contributed by atoms with Gasteiger partial charge in [0.25, 0.3) is 5.56 Å². The minimum Gasteiger partial charge on any atom is -0.336 e. The molecule has 4 nitrogen and oxygen atoms in total. The molecule has 16 heavy (non-hydrogen) atoms. The number of rotatable bonds is 3. The molecule has 82 valence electrons. The van der Waals surface area contributed by atoms with E-state index in [0.29, 0.717) is 5.88 Å². The molecule has 0 aliphatic heterocycles. The summed E-state index contributed by atoms with van der Waals surface area (Å²) in [6.07, 6.45) is 3.01. The van der Waals surface area contributed by atoms with Gasteiger partial charge < -0.3 is 10.3 Å². The van der Waals surface area contributed by atoms with Crippen LogP contribution in [0, 0.1) is 0 Å². The van der Waals surface area contributed by atoms with Gasteiger partial charge in [-0.1, -0.05) is 12.1 Å². The number of benzene rings is 1. The van der Waals surface area contributed by atoms with E-state index in [-0.39, 0.29) is 11.4 Å². The molecule has 0 unspecified atom stereocenters. The van der Waals surface area contributed by atoms with E-state index < -0.39 is 0 Å². The van der Waals surface area contributed by atoms with E-state index in [9.17, 15) is 4.79 Å². The van der Waals surface area contributed by atoms with Crippen LogP contribution in [0.1, 0.15) is 5.56 Å². The maximum Gasteiger partial charge on any atom is 0.291 e. The van der Waals surface area contributed by atoms with Crippen LogP contribution in [0.15, 0.2) is 41.5 Å². The highest BCUT2D eigenvalue weighted by Gasteiger charge is 2.00. The van der Waals surface area contributed by atoms with E-state index in [1.54, 1.807) is 0 Å². The van der Waals surface area contributed by atoms with Crippen LogP contribution in [-0.4, -0.2) is 9.97 Å². The molecule has 0 fully saturated rings. The number of aromatic nitrogens is 2. The molecule has 1 aromatic carbocycles. The smallest absolute Gasteiger partial charge is 0.291 e. The van der Waals surface area contributed by atoms with Crippen molar-refractivity contribution in [1.29, 1.82) is 0 Å². The van der Waals surface area contributed by atoms with Crippen molar-refractivity contribution in [3.05, 3.63) is 52.6 Å². The van der Waals surface area contributed by atoms with Crippen molar-refractivity contribution >= 4 is 23.1 Å². The summed E-state index contributed by atoms with van der Waals surface area (Å²) in [7, 11) is 0. The molecule has 0 bridgehead atoms. The highest BCUT2D eigenvalue weighted by molar-refractivity contribution is 6.17. The van der Waals surface area contributed by atoms with Crippen LogP contribution in [0.25, 0.3) is 0 Å². The molecular formula is C11H10ClN3O. The van der Waals surface area contributed by atoms with Crippen molar-refractivity contribution in [1.82, 2.24) is 9.97 Å². The summed E-state index contributed by atoms with van der Waals surface area (Å²) in [6.45, 7) is 0. The maximum atomic E-state index is 11.4. The Morgan fingerprint density at radius 2 is 2.31 bits per heavy atom. The SMILES string of the molecule is O=c1[nH]ccnc1Nc1cccc(CCl)c1. The fourth-order valence-corrected chi connectivity index (χ4v) is 1.48. The summed E-state index contributed by atoms with van der Waals surface area (Å²) in [5, 5.41) is 2.93. The molecule has 0 atom stereocenters. The Kier molecular flexibility index (Phi) is 3.22. The topological polar surface area (TPSA) is 57.8 Å². The summed E-state index contributed by atoms with van der Waals surface area (Å²) in [6, 6.07) is 7.52. The molecule has 2 rings (SSSR count). The Labute approximate surface area is 97.3 Å². The Morgan fingerprint density at radius 1 is 1.44 bits per heavy atom. The largest absolute Gasteiger partial charge is 0.336 e. The molecule has 5 heteroatoms. The highest BCUT2D eigenvalue weighted by atomic mass is 35.5. The summed E-state index contributed by atoms with van der Waals surface area (Å²) in [4.78, 5) is 17.9. The second-order valence-corrected chi connectivity index (χ2v) is 3.49. The Bertz CT molecular complexity index is 539. The van der Waals surface area contributed by atoms with Gasteiger partial charge in [0.1, 0.15) is 0 Å². The second-order valence-electron chi connectivity index (χ2n) is 3.23. The lowest BCUT2D eigenvalue weighted by Gasteiger charge is -2.05. The average molecular weight is 236 g/mol. The monoisotopic (exact) mass is 235 g/mol. The third-order valence-electron chi connectivity index (χ3n) is 2.05. The standard InChI is InChI=1S/C11H10ClN3O/c12-7-8-2-1-3-9(6-8)15-10-11(16)14-5-4-13-10/h1-6H,7H2,(H,13,15)(H,14,16). The van der Waals surface area contributed by atoms with Gasteiger partial charge in [0, 0.05) is 24.0 Å². The lowest BCUT2D eigenvalue weighted by molar-refractivity contribution is 1.14. The van der Waals surface area contributed by atoms with Crippen LogP contribution in [0.2, 0.25) is 0 Å². The highest BCUT2D eigenvalue weighted by Crippen LogP contribution is 2.14. The molecule has 2 N–H and O–H groups in total. The summed E-state index contributed by atoms with van der Waals surface area (Å²) < 4.78 is 0. The van der Waals surface area contributed by atoms with Crippen LogP contribution in [0.3, 0.4) is 0 Å². The Hall–Kier alpha value is -1.81. The summed E-state index contributed by atoms with van der Waals surface area (Å²) >= 11 is 5.72. The number of nitrogens with zero attached hydrogens (tertiary/aromatic N) is 1. The molecule has 2 aromatic rings. The van der Waals surface area contributed by atoms with Crippen LogP contribution >= 0.6 is 11.6 Å². The van der Waals surface area contributed by atoms with E-state index in [4.69, 9.17) is 11.6 Å². The molecule has 0 spiro atoms. The third-order valence-corrected chi connectivity index (χ3v) is 2.36. The van der Waals surface area contributed by atoms with Crippen molar-refractivity contribution in [2.45, 2.75) is 5.88 Å². The zero-order valence-electron chi connectivity index (χ0n) is 8.40. The van der Waals surface area contributed by atoms with Gasteiger partial charge in [0.15, 0.2) is 5.82 Å². The predicted molar refractivity (Wildman–Crippen MR) is 64.1 cm³/mol. The predicted octanol–water partition coefficient (Wildman–Crippen LogP) is 2.25. The van der Waals surface area contributed by atoms with Crippen LogP contribution in [0.5, 0.6) is 0 Å². The lowest BCUT2D eigenvalue weighted by atomic mass is 10.2. The van der Waals surface area contributed by atoms with E-state index >= 15 is 0 Å². The molecular weight excluding hydrogens is 226 g/mol. The maximum absolute atomic E-state index is 11.4. The van der Waals surface area contributed by atoms with Gasteiger partial charge in [-0.15, -0.1) is 11.6 Å². The zero-order chi connectivity index (χ0) is 11.4. The molecule has 0 amide bonds. The number of alkyl halides is 1. The van der Waals surface area contributed by atoms with Gasteiger partial charge in [-0.3, -0.25) is 4.79 Å². The number of nitrogens with one attached hydrogen (secondary N) is 2. The minimum absolute atomic E-state index is 0.251. The quantitative estimate of drug-likeness (QED) is 0.803. The molecule has 0 aliphatic rings. The van der Waals surface area contributed by atoms with Crippen molar-refractivity contribution in [3.63, 3.8) is 0 Å². The van der Waals surface area contributed by atoms with E-state index in [2.05, 4.69) is 15.3 Å². The molecule has 0 aliphatic carbocycles. The summed E-state index contributed by atoms with van der Waals surface area (Å²) in [5.41, 5.74) is 1.53. The Balaban J connectivity index is 2.27. The van der Waals surface area contributed by atoms with E-state index in [1.165, 1.54) is 12.4 Å². The van der Waals surface area contributed by atoms with Crippen LogP contribution in [0.4, 0.5) is 11.5 Å². The minimum atomic E-state index is -0.251. The first-order valence-corrected chi connectivity index (χ1v) is 5.28. The number of hydrogen-bond donors (Lipinski definition) is 2. The number of anilines is 2. The average Bonchev–Trinajstić information content (AvgIpc) is 2.32.